The largest absolute Gasteiger partial charge is 0.459 e. The number of alkyl halides is 2. The van der Waals surface area contributed by atoms with Gasteiger partial charge in [0, 0.05) is 11.8 Å². The number of rotatable bonds is 6. The SMILES string of the molecule is O=S(=O)(CC1CCC2(CC1)CC2(F)F)NCc1noc(-c2ccco2)n1. The van der Waals surface area contributed by atoms with E-state index in [1.807, 2.05) is 0 Å². The van der Waals surface area contributed by atoms with Crippen molar-refractivity contribution < 1.29 is 26.1 Å². The Bertz CT molecular complexity index is 871. The number of furan rings is 1. The maximum atomic E-state index is 13.4. The van der Waals surface area contributed by atoms with Crippen LogP contribution >= 0.6 is 0 Å². The van der Waals surface area contributed by atoms with Gasteiger partial charge in [-0.15, -0.1) is 0 Å². The van der Waals surface area contributed by atoms with E-state index in [4.69, 9.17) is 8.94 Å². The van der Waals surface area contributed by atoms with Gasteiger partial charge >= 0.3 is 0 Å². The van der Waals surface area contributed by atoms with Crippen molar-refractivity contribution in [3.05, 3.63) is 24.2 Å². The molecule has 26 heavy (non-hydrogen) atoms. The first-order valence-electron chi connectivity index (χ1n) is 8.50. The van der Waals surface area contributed by atoms with Gasteiger partial charge in [-0.1, -0.05) is 5.16 Å². The molecule has 0 amide bonds. The lowest BCUT2D eigenvalue weighted by Crippen LogP contribution is -2.32. The fourth-order valence-electron chi connectivity index (χ4n) is 3.69. The quantitative estimate of drug-likeness (QED) is 0.818. The monoisotopic (exact) mass is 387 g/mol. The predicted molar refractivity (Wildman–Crippen MR) is 86.6 cm³/mol. The smallest absolute Gasteiger partial charge is 0.293 e. The molecule has 1 N–H and O–H groups in total. The normalized spacial score (nSPS) is 27.7. The van der Waals surface area contributed by atoms with Gasteiger partial charge in [-0.25, -0.2) is 21.9 Å². The summed E-state index contributed by atoms with van der Waals surface area (Å²) in [7, 11) is -3.55. The molecular formula is C16H19F2N3O4S. The topological polar surface area (TPSA) is 98.2 Å². The standard InChI is InChI=1S/C16H19F2N3O4S/c17-16(18)10-15(16)5-3-11(4-6-15)9-26(22,23)19-8-13-20-14(25-21-13)12-2-1-7-24-12/h1-2,7,11,19H,3-6,8-10H2. The highest BCUT2D eigenvalue weighted by molar-refractivity contribution is 7.89. The summed E-state index contributed by atoms with van der Waals surface area (Å²) in [4.78, 5) is 4.06. The molecule has 142 valence electrons. The van der Waals surface area contributed by atoms with Gasteiger partial charge in [-0.3, -0.25) is 0 Å². The van der Waals surface area contributed by atoms with Crippen molar-refractivity contribution in [2.75, 3.05) is 5.75 Å². The minimum Gasteiger partial charge on any atom is -0.459 e. The third-order valence-electron chi connectivity index (χ3n) is 5.38. The number of nitrogens with one attached hydrogen (secondary N) is 1. The number of aromatic nitrogens is 2. The molecule has 0 saturated heterocycles. The second-order valence-corrected chi connectivity index (χ2v) is 9.05. The molecule has 2 fully saturated rings. The van der Waals surface area contributed by atoms with Crippen molar-refractivity contribution in [1.82, 2.24) is 14.9 Å². The van der Waals surface area contributed by atoms with Crippen LogP contribution in [0.5, 0.6) is 0 Å². The molecule has 2 aromatic rings. The van der Waals surface area contributed by atoms with Crippen LogP contribution in [0, 0.1) is 11.3 Å². The van der Waals surface area contributed by atoms with Gasteiger partial charge in [0.2, 0.25) is 10.0 Å². The number of sulfonamides is 1. The highest BCUT2D eigenvalue weighted by Crippen LogP contribution is 2.67. The zero-order chi connectivity index (χ0) is 18.4. The maximum Gasteiger partial charge on any atom is 0.293 e. The van der Waals surface area contributed by atoms with Gasteiger partial charge in [-0.2, -0.15) is 4.98 Å². The Morgan fingerprint density at radius 2 is 2.04 bits per heavy atom. The zero-order valence-corrected chi connectivity index (χ0v) is 14.8. The fraction of sp³-hybridized carbons (Fsp3) is 0.625. The van der Waals surface area contributed by atoms with Crippen LogP contribution in [0.2, 0.25) is 0 Å². The molecular weight excluding hydrogens is 368 g/mol. The summed E-state index contributed by atoms with van der Waals surface area (Å²) in [5.41, 5.74) is -0.854. The van der Waals surface area contributed by atoms with E-state index in [2.05, 4.69) is 14.9 Å². The fourth-order valence-corrected chi connectivity index (χ4v) is 5.11. The second kappa shape index (κ2) is 6.12. The first-order valence-corrected chi connectivity index (χ1v) is 10.2. The van der Waals surface area contributed by atoms with Gasteiger partial charge in [-0.05, 0) is 43.7 Å². The molecule has 0 aliphatic heterocycles. The molecule has 1 spiro atoms. The first kappa shape index (κ1) is 17.6. The van der Waals surface area contributed by atoms with Crippen LogP contribution in [0.1, 0.15) is 37.9 Å². The van der Waals surface area contributed by atoms with Crippen LogP contribution in [-0.2, 0) is 16.6 Å². The van der Waals surface area contributed by atoms with Gasteiger partial charge < -0.3 is 8.94 Å². The van der Waals surface area contributed by atoms with Crippen LogP contribution in [0.25, 0.3) is 11.7 Å². The van der Waals surface area contributed by atoms with Crippen molar-refractivity contribution in [2.24, 2.45) is 11.3 Å². The van der Waals surface area contributed by atoms with E-state index in [-0.39, 0.29) is 36.4 Å². The number of halogens is 2. The van der Waals surface area contributed by atoms with Crippen molar-refractivity contribution in [3.8, 4) is 11.7 Å². The van der Waals surface area contributed by atoms with E-state index in [0.29, 0.717) is 31.4 Å². The number of nitrogens with zero attached hydrogens (tertiary/aromatic N) is 2. The molecule has 7 nitrogen and oxygen atoms in total. The lowest BCUT2D eigenvalue weighted by atomic mass is 9.80. The summed E-state index contributed by atoms with van der Waals surface area (Å²) >= 11 is 0. The van der Waals surface area contributed by atoms with Crippen LogP contribution in [0.3, 0.4) is 0 Å². The van der Waals surface area contributed by atoms with E-state index < -0.39 is 21.4 Å². The number of hydrogen-bond donors (Lipinski definition) is 1. The summed E-state index contributed by atoms with van der Waals surface area (Å²) in [5.74, 6) is -1.96. The van der Waals surface area contributed by atoms with E-state index in [9.17, 15) is 17.2 Å². The summed E-state index contributed by atoms with van der Waals surface area (Å²) in [6.07, 6.45) is 3.25. The second-order valence-electron chi connectivity index (χ2n) is 7.20. The predicted octanol–water partition coefficient (Wildman–Crippen LogP) is 2.96. The van der Waals surface area contributed by atoms with Crippen LogP contribution in [0.15, 0.2) is 27.3 Å². The lowest BCUT2D eigenvalue weighted by Gasteiger charge is -2.28. The van der Waals surface area contributed by atoms with Gasteiger partial charge in [0.25, 0.3) is 11.8 Å². The highest BCUT2D eigenvalue weighted by atomic mass is 32.2. The Hall–Kier alpha value is -1.81. The van der Waals surface area contributed by atoms with Gasteiger partial charge in [0.15, 0.2) is 11.6 Å². The molecule has 10 heteroatoms. The molecule has 2 heterocycles. The Morgan fingerprint density at radius 3 is 2.65 bits per heavy atom. The molecule has 2 aliphatic carbocycles. The molecule has 2 saturated carbocycles. The third-order valence-corrected chi connectivity index (χ3v) is 6.87. The lowest BCUT2D eigenvalue weighted by molar-refractivity contribution is 0.0422. The van der Waals surface area contributed by atoms with Crippen molar-refractivity contribution in [1.29, 1.82) is 0 Å². The van der Waals surface area contributed by atoms with Crippen molar-refractivity contribution in [2.45, 2.75) is 44.6 Å². The van der Waals surface area contributed by atoms with E-state index >= 15 is 0 Å². The molecule has 0 aromatic carbocycles. The molecule has 4 rings (SSSR count). The molecule has 0 bridgehead atoms. The Morgan fingerprint density at radius 1 is 1.31 bits per heavy atom. The van der Waals surface area contributed by atoms with Crippen LogP contribution < -0.4 is 4.72 Å². The molecule has 2 aliphatic rings. The molecule has 2 aromatic heterocycles. The van der Waals surface area contributed by atoms with E-state index in [1.165, 1.54) is 6.26 Å². The molecule has 0 unspecified atom stereocenters. The van der Waals surface area contributed by atoms with Crippen LogP contribution in [0.4, 0.5) is 8.78 Å². The Kier molecular flexibility index (Phi) is 4.14. The summed E-state index contributed by atoms with van der Waals surface area (Å²) in [6, 6.07) is 3.33. The van der Waals surface area contributed by atoms with Crippen molar-refractivity contribution >= 4 is 10.0 Å². The van der Waals surface area contributed by atoms with Crippen molar-refractivity contribution in [3.63, 3.8) is 0 Å². The average molecular weight is 387 g/mol. The minimum atomic E-state index is -3.55. The molecule has 0 atom stereocenters. The number of hydrogen-bond acceptors (Lipinski definition) is 6. The maximum absolute atomic E-state index is 13.4. The van der Waals surface area contributed by atoms with Gasteiger partial charge in [0.05, 0.1) is 18.6 Å². The summed E-state index contributed by atoms with van der Waals surface area (Å²) < 4.78 is 63.9. The summed E-state index contributed by atoms with van der Waals surface area (Å²) in [5, 5.41) is 3.71. The average Bonchev–Trinajstić information content (AvgIpc) is 3.07. The van der Waals surface area contributed by atoms with E-state index in [1.54, 1.807) is 12.1 Å². The summed E-state index contributed by atoms with van der Waals surface area (Å²) in [6.45, 7) is -0.0960. The van der Waals surface area contributed by atoms with Gasteiger partial charge in [0.1, 0.15) is 0 Å². The Balaban J connectivity index is 1.28. The minimum absolute atomic E-state index is 0.0481. The molecule has 0 radical (unpaired) electrons. The van der Waals surface area contributed by atoms with Crippen LogP contribution in [-0.4, -0.2) is 30.2 Å². The third kappa shape index (κ3) is 3.39. The zero-order valence-electron chi connectivity index (χ0n) is 14.0. The first-order chi connectivity index (χ1) is 12.3. The Labute approximate surface area is 149 Å². The van der Waals surface area contributed by atoms with E-state index in [0.717, 1.165) is 0 Å². The highest BCUT2D eigenvalue weighted by Gasteiger charge is 2.70.